The van der Waals surface area contributed by atoms with E-state index in [1.807, 2.05) is 0 Å². The lowest BCUT2D eigenvalue weighted by molar-refractivity contribution is 0.0619. The zero-order valence-electron chi connectivity index (χ0n) is 6.12. The van der Waals surface area contributed by atoms with Gasteiger partial charge < -0.3 is 9.32 Å². The van der Waals surface area contributed by atoms with E-state index in [-0.39, 0.29) is 5.91 Å². The van der Waals surface area contributed by atoms with Gasteiger partial charge in [-0.3, -0.25) is 4.79 Å². The van der Waals surface area contributed by atoms with Crippen LogP contribution in [0.1, 0.15) is 17.0 Å². The molecule has 0 radical (unpaired) electrons. The molecule has 0 saturated carbocycles. The van der Waals surface area contributed by atoms with Gasteiger partial charge in [0.2, 0.25) is 0 Å². The summed E-state index contributed by atoms with van der Waals surface area (Å²) in [6, 6.07) is 3.42. The van der Waals surface area contributed by atoms with Gasteiger partial charge in [0.25, 0.3) is 5.91 Å². The van der Waals surface area contributed by atoms with Crippen molar-refractivity contribution in [3.63, 3.8) is 0 Å². The van der Waals surface area contributed by atoms with Crippen LogP contribution in [0.25, 0.3) is 0 Å². The van der Waals surface area contributed by atoms with Crippen molar-refractivity contribution in [1.82, 2.24) is 4.90 Å². The molecular formula is C8H9NO2. The maximum absolute atomic E-state index is 11.3. The van der Waals surface area contributed by atoms with Crippen molar-refractivity contribution in [2.75, 3.05) is 13.1 Å². The van der Waals surface area contributed by atoms with Crippen LogP contribution < -0.4 is 0 Å². The van der Waals surface area contributed by atoms with E-state index in [0.717, 1.165) is 19.5 Å². The molecule has 1 aliphatic rings. The summed E-state index contributed by atoms with van der Waals surface area (Å²) in [5, 5.41) is 0. The van der Waals surface area contributed by atoms with Crippen molar-refractivity contribution in [3.05, 3.63) is 24.2 Å². The standard InChI is InChI=1S/C8H9NO2/c10-8(9-4-2-5-9)7-3-1-6-11-7/h1,3,6H,2,4-5H2. The Morgan fingerprint density at radius 2 is 2.36 bits per heavy atom. The SMILES string of the molecule is O=C(c1ccco1)N1CCC1. The van der Waals surface area contributed by atoms with Crippen LogP contribution in [-0.2, 0) is 0 Å². The predicted octanol–water partition coefficient (Wildman–Crippen LogP) is 1.13. The first-order valence-electron chi connectivity index (χ1n) is 3.71. The molecule has 11 heavy (non-hydrogen) atoms. The van der Waals surface area contributed by atoms with E-state index in [1.54, 1.807) is 17.0 Å². The van der Waals surface area contributed by atoms with Crippen LogP contribution >= 0.6 is 0 Å². The fourth-order valence-corrected chi connectivity index (χ4v) is 1.08. The molecule has 2 rings (SSSR count). The summed E-state index contributed by atoms with van der Waals surface area (Å²) < 4.78 is 4.96. The van der Waals surface area contributed by atoms with Crippen LogP contribution in [0.15, 0.2) is 22.8 Å². The van der Waals surface area contributed by atoms with Crippen LogP contribution in [0, 0.1) is 0 Å². The predicted molar refractivity (Wildman–Crippen MR) is 39.2 cm³/mol. The molecule has 1 saturated heterocycles. The Morgan fingerprint density at radius 1 is 1.55 bits per heavy atom. The number of hydrogen-bond donors (Lipinski definition) is 0. The van der Waals surface area contributed by atoms with Gasteiger partial charge >= 0.3 is 0 Å². The second-order valence-corrected chi connectivity index (χ2v) is 2.62. The van der Waals surface area contributed by atoms with Crippen LogP contribution in [0.4, 0.5) is 0 Å². The van der Waals surface area contributed by atoms with Gasteiger partial charge in [-0.25, -0.2) is 0 Å². The molecule has 0 spiro atoms. The number of hydrogen-bond acceptors (Lipinski definition) is 2. The van der Waals surface area contributed by atoms with Crippen LogP contribution in [-0.4, -0.2) is 23.9 Å². The van der Waals surface area contributed by atoms with Gasteiger partial charge in [-0.05, 0) is 18.6 Å². The van der Waals surface area contributed by atoms with Gasteiger partial charge in [-0.2, -0.15) is 0 Å². The first-order valence-corrected chi connectivity index (χ1v) is 3.71. The molecule has 0 aromatic carbocycles. The highest BCUT2D eigenvalue weighted by Gasteiger charge is 2.22. The summed E-state index contributed by atoms with van der Waals surface area (Å²) in [7, 11) is 0. The van der Waals surface area contributed by atoms with Crippen molar-refractivity contribution in [2.24, 2.45) is 0 Å². The molecule has 3 heteroatoms. The third kappa shape index (κ3) is 1.02. The van der Waals surface area contributed by atoms with E-state index < -0.39 is 0 Å². The lowest BCUT2D eigenvalue weighted by atomic mass is 10.2. The normalized spacial score (nSPS) is 16.2. The highest BCUT2D eigenvalue weighted by molar-refractivity contribution is 5.91. The lowest BCUT2D eigenvalue weighted by Crippen LogP contribution is -2.41. The Hall–Kier alpha value is -1.25. The summed E-state index contributed by atoms with van der Waals surface area (Å²) in [5.74, 6) is 0.464. The van der Waals surface area contributed by atoms with Crippen molar-refractivity contribution in [2.45, 2.75) is 6.42 Å². The third-order valence-electron chi connectivity index (χ3n) is 1.88. The second-order valence-electron chi connectivity index (χ2n) is 2.62. The minimum absolute atomic E-state index is 0.0150. The molecule has 1 fully saturated rings. The number of carbonyl (C=O) groups excluding carboxylic acids is 1. The van der Waals surface area contributed by atoms with Crippen molar-refractivity contribution in [1.29, 1.82) is 0 Å². The molecule has 1 amide bonds. The Kier molecular flexibility index (Phi) is 1.42. The van der Waals surface area contributed by atoms with Crippen LogP contribution in [0.5, 0.6) is 0 Å². The maximum atomic E-state index is 11.3. The zero-order valence-corrected chi connectivity index (χ0v) is 6.12. The first-order chi connectivity index (χ1) is 5.38. The highest BCUT2D eigenvalue weighted by atomic mass is 16.3. The average molecular weight is 151 g/mol. The smallest absolute Gasteiger partial charge is 0.289 e. The van der Waals surface area contributed by atoms with Gasteiger partial charge in [-0.15, -0.1) is 0 Å². The third-order valence-corrected chi connectivity index (χ3v) is 1.88. The highest BCUT2D eigenvalue weighted by Crippen LogP contribution is 2.12. The molecular weight excluding hydrogens is 142 g/mol. The Balaban J connectivity index is 2.10. The number of rotatable bonds is 1. The number of furan rings is 1. The minimum Gasteiger partial charge on any atom is -0.459 e. The zero-order chi connectivity index (χ0) is 7.68. The van der Waals surface area contributed by atoms with Gasteiger partial charge in [0, 0.05) is 13.1 Å². The molecule has 58 valence electrons. The van der Waals surface area contributed by atoms with Gasteiger partial charge in [0.05, 0.1) is 6.26 Å². The molecule has 2 heterocycles. The summed E-state index contributed by atoms with van der Waals surface area (Å²) in [6.07, 6.45) is 2.64. The Morgan fingerprint density at radius 3 is 2.82 bits per heavy atom. The van der Waals surface area contributed by atoms with Crippen LogP contribution in [0.3, 0.4) is 0 Å². The van der Waals surface area contributed by atoms with E-state index in [1.165, 1.54) is 6.26 Å². The van der Waals surface area contributed by atoms with E-state index >= 15 is 0 Å². The summed E-state index contributed by atoms with van der Waals surface area (Å²) in [6.45, 7) is 1.75. The van der Waals surface area contributed by atoms with E-state index in [2.05, 4.69) is 0 Å². The van der Waals surface area contributed by atoms with E-state index in [9.17, 15) is 4.79 Å². The molecule has 3 nitrogen and oxygen atoms in total. The average Bonchev–Trinajstić information content (AvgIpc) is 2.32. The minimum atomic E-state index is 0.0150. The summed E-state index contributed by atoms with van der Waals surface area (Å²) >= 11 is 0. The number of carbonyl (C=O) groups is 1. The second kappa shape index (κ2) is 2.42. The largest absolute Gasteiger partial charge is 0.459 e. The quantitative estimate of drug-likeness (QED) is 0.602. The van der Waals surface area contributed by atoms with E-state index in [0.29, 0.717) is 5.76 Å². The number of likely N-dealkylation sites (tertiary alicyclic amines) is 1. The maximum Gasteiger partial charge on any atom is 0.289 e. The topological polar surface area (TPSA) is 33.5 Å². The van der Waals surface area contributed by atoms with Crippen molar-refractivity contribution in [3.8, 4) is 0 Å². The molecule has 0 N–H and O–H groups in total. The Labute approximate surface area is 64.6 Å². The molecule has 1 aromatic rings. The fraction of sp³-hybridized carbons (Fsp3) is 0.375. The van der Waals surface area contributed by atoms with Crippen molar-refractivity contribution >= 4 is 5.91 Å². The van der Waals surface area contributed by atoms with Crippen LogP contribution in [0.2, 0.25) is 0 Å². The van der Waals surface area contributed by atoms with Gasteiger partial charge in [0.15, 0.2) is 5.76 Å². The van der Waals surface area contributed by atoms with E-state index in [4.69, 9.17) is 4.42 Å². The van der Waals surface area contributed by atoms with Crippen molar-refractivity contribution < 1.29 is 9.21 Å². The molecule has 0 aliphatic carbocycles. The monoisotopic (exact) mass is 151 g/mol. The number of amides is 1. The lowest BCUT2D eigenvalue weighted by Gasteiger charge is -2.29. The van der Waals surface area contributed by atoms with Gasteiger partial charge in [-0.1, -0.05) is 0 Å². The van der Waals surface area contributed by atoms with Gasteiger partial charge in [0.1, 0.15) is 0 Å². The summed E-state index contributed by atoms with van der Waals surface area (Å²) in [4.78, 5) is 13.1. The first kappa shape index (κ1) is 6.46. The number of nitrogens with zero attached hydrogens (tertiary/aromatic N) is 1. The molecule has 0 unspecified atom stereocenters. The molecule has 1 aliphatic heterocycles. The Bertz CT molecular complexity index is 249. The summed E-state index contributed by atoms with van der Waals surface area (Å²) in [5.41, 5.74) is 0. The molecule has 0 bridgehead atoms. The molecule has 1 aromatic heterocycles. The molecule has 0 atom stereocenters. The fourth-order valence-electron chi connectivity index (χ4n) is 1.08.